The molecule has 3 aromatic heterocycles. The van der Waals surface area contributed by atoms with E-state index in [1.165, 1.54) is 12.3 Å². The zero-order valence-electron chi connectivity index (χ0n) is 22.3. The number of carbonyl (C=O) groups is 3. The van der Waals surface area contributed by atoms with Gasteiger partial charge in [0.15, 0.2) is 0 Å². The lowest BCUT2D eigenvalue weighted by molar-refractivity contribution is -0.137. The van der Waals surface area contributed by atoms with Crippen LogP contribution in [0.2, 0.25) is 0 Å². The smallest absolute Gasteiger partial charge is 0.354 e. The third-order valence-electron chi connectivity index (χ3n) is 8.84. The Bertz CT molecular complexity index is 1720. The zero-order chi connectivity index (χ0) is 28.4. The summed E-state index contributed by atoms with van der Waals surface area (Å²) >= 11 is 0. The van der Waals surface area contributed by atoms with Gasteiger partial charge >= 0.3 is 5.97 Å². The molecule has 0 bridgehead atoms. The minimum Gasteiger partial charge on any atom is -0.477 e. The molecule has 4 aromatic rings. The molecule has 1 saturated carbocycles. The van der Waals surface area contributed by atoms with E-state index in [1.807, 2.05) is 35.2 Å². The molecule has 0 radical (unpaired) electrons. The second-order valence-electron chi connectivity index (χ2n) is 11.2. The van der Waals surface area contributed by atoms with E-state index in [4.69, 9.17) is 10.7 Å². The summed E-state index contributed by atoms with van der Waals surface area (Å²) in [6.45, 7) is 1.15. The maximum absolute atomic E-state index is 14.3. The van der Waals surface area contributed by atoms with Crippen molar-refractivity contribution in [1.29, 1.82) is 0 Å². The quantitative estimate of drug-likeness (QED) is 0.387. The molecule has 1 saturated heterocycles. The van der Waals surface area contributed by atoms with E-state index in [1.54, 1.807) is 29.6 Å². The van der Waals surface area contributed by atoms with Crippen molar-refractivity contribution >= 4 is 34.2 Å². The predicted octanol–water partition coefficient (Wildman–Crippen LogP) is 3.29. The summed E-state index contributed by atoms with van der Waals surface area (Å²) < 4.78 is 0. The third kappa shape index (κ3) is 3.97. The molecule has 41 heavy (non-hydrogen) atoms. The molecule has 10 nitrogen and oxygen atoms in total. The van der Waals surface area contributed by atoms with Gasteiger partial charge in [0.05, 0.1) is 35.1 Å². The molecule has 1 spiro atoms. The van der Waals surface area contributed by atoms with Gasteiger partial charge in [-0.05, 0) is 48.8 Å². The molecule has 206 valence electrons. The number of hydrogen-bond acceptors (Lipinski definition) is 7. The second kappa shape index (κ2) is 9.17. The number of likely N-dealkylation sites (tertiary alicyclic amines) is 1. The Balaban J connectivity index is 1.26. The Hall–Kier alpha value is -4.70. The van der Waals surface area contributed by atoms with Gasteiger partial charge in [0.25, 0.3) is 0 Å². The molecule has 2 aliphatic heterocycles. The fourth-order valence-corrected chi connectivity index (χ4v) is 6.35. The number of piperidine rings is 1. The normalized spacial score (nSPS) is 18.5. The van der Waals surface area contributed by atoms with Gasteiger partial charge in [-0.1, -0.05) is 30.3 Å². The SMILES string of the molecule is NC1(C(=O)N2CCC3(CC2)C(=O)N(Cc2ncc4ccccc4c2-c2ccc(C(=O)O)nc2)c2cnccc23)CC1. The minimum atomic E-state index is -1.10. The van der Waals surface area contributed by atoms with Crippen molar-refractivity contribution < 1.29 is 19.5 Å². The van der Waals surface area contributed by atoms with Crippen LogP contribution in [-0.2, 0) is 21.5 Å². The van der Waals surface area contributed by atoms with Gasteiger partial charge in [-0.2, -0.15) is 0 Å². The number of aromatic nitrogens is 3. The lowest BCUT2D eigenvalue weighted by Gasteiger charge is -2.39. The Morgan fingerprint density at radius 1 is 0.951 bits per heavy atom. The number of nitrogens with two attached hydrogens (primary N) is 1. The molecule has 7 rings (SSSR count). The van der Waals surface area contributed by atoms with Crippen LogP contribution in [0.15, 0.2) is 67.3 Å². The summed E-state index contributed by atoms with van der Waals surface area (Å²) in [5, 5.41) is 11.2. The van der Waals surface area contributed by atoms with E-state index in [-0.39, 0.29) is 24.1 Å². The number of anilines is 1. The first-order valence-electron chi connectivity index (χ1n) is 13.7. The van der Waals surface area contributed by atoms with Gasteiger partial charge in [-0.15, -0.1) is 0 Å². The molecule has 1 aliphatic carbocycles. The standard InChI is InChI=1S/C31H28N6O4/c32-31(8-9-31)29(41)36-13-10-30(11-14-36)22-7-12-33-17-25(22)37(28(30)40)18-24-26(20-5-6-23(27(38)39)34-16-20)21-4-2-1-3-19(21)15-35-24/h1-7,12,15-17H,8-11,13-14,18,32H2,(H,38,39). The minimum absolute atomic E-state index is 0.0165. The van der Waals surface area contributed by atoms with Crippen molar-refractivity contribution in [2.24, 2.45) is 5.73 Å². The van der Waals surface area contributed by atoms with Crippen LogP contribution in [0.1, 0.15) is 47.4 Å². The number of carbonyl (C=O) groups excluding carboxylic acids is 2. The number of amides is 2. The summed E-state index contributed by atoms with van der Waals surface area (Å²) in [5.74, 6) is -1.14. The van der Waals surface area contributed by atoms with Crippen LogP contribution in [0.4, 0.5) is 5.69 Å². The van der Waals surface area contributed by atoms with E-state index >= 15 is 0 Å². The first-order chi connectivity index (χ1) is 19.8. The average molecular weight is 549 g/mol. The third-order valence-corrected chi connectivity index (χ3v) is 8.84. The van der Waals surface area contributed by atoms with Gasteiger partial charge < -0.3 is 20.6 Å². The molecule has 2 fully saturated rings. The largest absolute Gasteiger partial charge is 0.477 e. The number of rotatable bonds is 5. The van der Waals surface area contributed by atoms with Crippen molar-refractivity contribution in [3.8, 4) is 11.1 Å². The lowest BCUT2D eigenvalue weighted by atomic mass is 9.74. The van der Waals surface area contributed by atoms with E-state index in [2.05, 4.69) is 9.97 Å². The lowest BCUT2D eigenvalue weighted by Crippen LogP contribution is -2.54. The molecule has 5 heterocycles. The van der Waals surface area contributed by atoms with Crippen LogP contribution < -0.4 is 10.6 Å². The summed E-state index contributed by atoms with van der Waals surface area (Å²) in [7, 11) is 0. The molecule has 10 heteroatoms. The maximum Gasteiger partial charge on any atom is 0.354 e. The molecule has 2 amide bonds. The summed E-state index contributed by atoms with van der Waals surface area (Å²) in [4.78, 5) is 55.5. The number of carboxylic acids is 1. The van der Waals surface area contributed by atoms with Crippen molar-refractivity contribution in [1.82, 2.24) is 19.9 Å². The average Bonchev–Trinajstić information content (AvgIpc) is 3.72. The van der Waals surface area contributed by atoms with Crippen molar-refractivity contribution in [3.05, 3.63) is 84.2 Å². The highest BCUT2D eigenvalue weighted by atomic mass is 16.4. The van der Waals surface area contributed by atoms with Crippen LogP contribution in [0.5, 0.6) is 0 Å². The van der Waals surface area contributed by atoms with Gasteiger partial charge in [-0.25, -0.2) is 9.78 Å². The predicted molar refractivity (Wildman–Crippen MR) is 151 cm³/mol. The molecule has 0 atom stereocenters. The number of carboxylic acid groups (broad SMARTS) is 1. The summed E-state index contributed by atoms with van der Waals surface area (Å²) in [6.07, 6.45) is 9.22. The number of fused-ring (bicyclic) bond motifs is 3. The van der Waals surface area contributed by atoms with Gasteiger partial charge in [0.2, 0.25) is 11.8 Å². The number of aromatic carboxylic acids is 1. The van der Waals surface area contributed by atoms with Crippen LogP contribution in [0.25, 0.3) is 21.9 Å². The Labute approximate surface area is 235 Å². The molecule has 0 unspecified atom stereocenters. The van der Waals surface area contributed by atoms with E-state index < -0.39 is 16.9 Å². The van der Waals surface area contributed by atoms with Crippen molar-refractivity contribution in [2.75, 3.05) is 18.0 Å². The summed E-state index contributed by atoms with van der Waals surface area (Å²) in [6, 6.07) is 12.9. The van der Waals surface area contributed by atoms with Gasteiger partial charge in [0, 0.05) is 48.2 Å². The van der Waals surface area contributed by atoms with E-state index in [0.717, 1.165) is 27.6 Å². The fourth-order valence-electron chi connectivity index (χ4n) is 6.35. The second-order valence-corrected chi connectivity index (χ2v) is 11.2. The van der Waals surface area contributed by atoms with Crippen LogP contribution in [0.3, 0.4) is 0 Å². The van der Waals surface area contributed by atoms with Gasteiger partial charge in [-0.3, -0.25) is 19.6 Å². The maximum atomic E-state index is 14.3. The molecule has 3 N–H and O–H groups in total. The number of pyridine rings is 3. The van der Waals surface area contributed by atoms with Crippen LogP contribution >= 0.6 is 0 Å². The van der Waals surface area contributed by atoms with Crippen molar-refractivity contribution in [3.63, 3.8) is 0 Å². The van der Waals surface area contributed by atoms with Crippen molar-refractivity contribution in [2.45, 2.75) is 43.2 Å². The van der Waals surface area contributed by atoms with E-state index in [0.29, 0.717) is 50.0 Å². The Kier molecular flexibility index (Phi) is 5.65. The Morgan fingerprint density at radius 2 is 1.73 bits per heavy atom. The highest BCUT2D eigenvalue weighted by Gasteiger charge is 2.55. The zero-order valence-corrected chi connectivity index (χ0v) is 22.3. The molecular formula is C31H28N6O4. The van der Waals surface area contributed by atoms with Crippen LogP contribution in [0, 0.1) is 0 Å². The number of nitrogens with zero attached hydrogens (tertiary/aromatic N) is 5. The Morgan fingerprint density at radius 3 is 2.44 bits per heavy atom. The molecule has 3 aliphatic rings. The molecular weight excluding hydrogens is 520 g/mol. The first kappa shape index (κ1) is 25.3. The highest BCUT2D eigenvalue weighted by molar-refractivity contribution is 6.08. The van der Waals surface area contributed by atoms with Gasteiger partial charge in [0.1, 0.15) is 5.69 Å². The monoisotopic (exact) mass is 548 g/mol. The summed E-state index contributed by atoms with van der Waals surface area (Å²) in [5.41, 5.74) is 8.51. The fraction of sp³-hybridized carbons (Fsp3) is 0.290. The first-order valence-corrected chi connectivity index (χ1v) is 13.7. The number of hydrogen-bond donors (Lipinski definition) is 2. The van der Waals surface area contributed by atoms with Crippen LogP contribution in [-0.4, -0.2) is 61.4 Å². The number of benzene rings is 1. The topological polar surface area (TPSA) is 143 Å². The van der Waals surface area contributed by atoms with E-state index in [9.17, 15) is 19.5 Å². The molecule has 1 aromatic carbocycles. The highest BCUT2D eigenvalue weighted by Crippen LogP contribution is 2.49.